The van der Waals surface area contributed by atoms with Crippen LogP contribution in [0.25, 0.3) is 6.08 Å². The van der Waals surface area contributed by atoms with Gasteiger partial charge in [-0.15, -0.1) is 0 Å². The highest BCUT2D eigenvalue weighted by Gasteiger charge is 2.34. The molecule has 0 unspecified atom stereocenters. The van der Waals surface area contributed by atoms with Crippen molar-refractivity contribution in [2.24, 2.45) is 0 Å². The average Bonchev–Trinajstić information content (AvgIpc) is 3.13. The first-order valence-electron chi connectivity index (χ1n) is 8.13. The number of piperidine rings is 1. The second-order valence-electron chi connectivity index (χ2n) is 5.87. The predicted octanol–water partition coefficient (Wildman–Crippen LogP) is 2.00. The molecule has 23 heavy (non-hydrogen) atoms. The highest BCUT2D eigenvalue weighted by atomic mass is 32.1. The lowest BCUT2D eigenvalue weighted by atomic mass is 10.0. The zero-order valence-corrected chi connectivity index (χ0v) is 14.0. The fraction of sp³-hybridized carbons (Fsp3) is 0.529. The van der Waals surface area contributed by atoms with E-state index in [9.17, 15) is 9.59 Å². The van der Waals surface area contributed by atoms with Crippen LogP contribution in [0.1, 0.15) is 24.8 Å². The van der Waals surface area contributed by atoms with E-state index in [1.807, 2.05) is 27.8 Å². The van der Waals surface area contributed by atoms with Crippen LogP contribution in [0.3, 0.4) is 0 Å². The number of likely N-dealkylation sites (tertiary alicyclic amines) is 1. The first-order chi connectivity index (χ1) is 11.3. The van der Waals surface area contributed by atoms with Gasteiger partial charge in [0.05, 0.1) is 13.2 Å². The van der Waals surface area contributed by atoms with Crippen molar-refractivity contribution in [3.63, 3.8) is 0 Å². The van der Waals surface area contributed by atoms with Gasteiger partial charge in [0, 0.05) is 25.7 Å². The van der Waals surface area contributed by atoms with Gasteiger partial charge in [-0.25, -0.2) is 0 Å². The fourth-order valence-electron chi connectivity index (χ4n) is 3.08. The van der Waals surface area contributed by atoms with Crippen LogP contribution in [0.15, 0.2) is 22.9 Å². The van der Waals surface area contributed by atoms with Gasteiger partial charge in [0.2, 0.25) is 11.8 Å². The van der Waals surface area contributed by atoms with Crippen LogP contribution in [0, 0.1) is 0 Å². The predicted molar refractivity (Wildman–Crippen MR) is 90.1 cm³/mol. The molecule has 1 aromatic heterocycles. The van der Waals surface area contributed by atoms with Crippen molar-refractivity contribution < 1.29 is 14.3 Å². The van der Waals surface area contributed by atoms with Crippen molar-refractivity contribution >= 4 is 29.2 Å². The van der Waals surface area contributed by atoms with Crippen LogP contribution >= 0.6 is 11.3 Å². The van der Waals surface area contributed by atoms with Crippen molar-refractivity contribution in [2.75, 3.05) is 32.8 Å². The first kappa shape index (κ1) is 16.2. The summed E-state index contributed by atoms with van der Waals surface area (Å²) in [5, 5.41) is 3.98. The Hall–Kier alpha value is -1.66. The molecule has 2 aliphatic rings. The molecule has 3 heterocycles. The number of rotatable bonds is 3. The Kier molecular flexibility index (Phi) is 5.46. The largest absolute Gasteiger partial charge is 0.378 e. The number of hydrogen-bond acceptors (Lipinski definition) is 4. The van der Waals surface area contributed by atoms with Gasteiger partial charge in [-0.2, -0.15) is 11.3 Å². The molecule has 6 heteroatoms. The summed E-state index contributed by atoms with van der Waals surface area (Å²) in [7, 11) is 0. The smallest absolute Gasteiger partial charge is 0.247 e. The zero-order valence-electron chi connectivity index (χ0n) is 13.1. The van der Waals surface area contributed by atoms with Crippen LogP contribution in [-0.4, -0.2) is 60.5 Å². The first-order valence-corrected chi connectivity index (χ1v) is 9.07. The minimum absolute atomic E-state index is 0.0671. The van der Waals surface area contributed by atoms with E-state index in [0.29, 0.717) is 32.8 Å². The third kappa shape index (κ3) is 4.00. The van der Waals surface area contributed by atoms with Crippen molar-refractivity contribution in [2.45, 2.75) is 25.3 Å². The van der Waals surface area contributed by atoms with Crippen molar-refractivity contribution in [1.82, 2.24) is 9.80 Å². The molecule has 2 aliphatic heterocycles. The van der Waals surface area contributed by atoms with E-state index in [1.165, 1.54) is 0 Å². The number of hydrogen-bond donors (Lipinski definition) is 0. The Labute approximate surface area is 140 Å². The summed E-state index contributed by atoms with van der Waals surface area (Å²) >= 11 is 1.60. The van der Waals surface area contributed by atoms with Gasteiger partial charge in [-0.1, -0.05) is 0 Å². The molecule has 0 saturated carbocycles. The molecule has 2 fully saturated rings. The Morgan fingerprint density at radius 1 is 1.22 bits per heavy atom. The number of ether oxygens (including phenoxy) is 1. The lowest BCUT2D eigenvalue weighted by Crippen LogP contribution is -2.54. The molecule has 5 nitrogen and oxygen atoms in total. The monoisotopic (exact) mass is 334 g/mol. The van der Waals surface area contributed by atoms with Crippen LogP contribution in [0.4, 0.5) is 0 Å². The summed E-state index contributed by atoms with van der Waals surface area (Å²) in [6, 6.07) is 1.66. The summed E-state index contributed by atoms with van der Waals surface area (Å²) in [5.74, 6) is 0.00722. The molecule has 0 radical (unpaired) electrons. The normalized spacial score (nSPS) is 22.5. The average molecular weight is 334 g/mol. The second-order valence-corrected chi connectivity index (χ2v) is 6.65. The number of morpholine rings is 1. The van der Waals surface area contributed by atoms with Crippen molar-refractivity contribution in [1.29, 1.82) is 0 Å². The van der Waals surface area contributed by atoms with E-state index >= 15 is 0 Å². The Balaban J connectivity index is 1.67. The number of thiophene rings is 1. The molecule has 2 amide bonds. The van der Waals surface area contributed by atoms with Crippen molar-refractivity contribution in [3.8, 4) is 0 Å². The van der Waals surface area contributed by atoms with Gasteiger partial charge in [0.15, 0.2) is 0 Å². The van der Waals surface area contributed by atoms with Crippen LogP contribution in [0.2, 0.25) is 0 Å². The maximum Gasteiger partial charge on any atom is 0.247 e. The standard InChI is InChI=1S/C17H22N2O3S/c20-16(5-4-14-6-12-23-13-14)19-7-2-1-3-15(19)17(21)18-8-10-22-11-9-18/h4-6,12-13,15H,1-3,7-11H2/b5-4+/t15-/m1/s1. The van der Waals surface area contributed by atoms with Gasteiger partial charge < -0.3 is 14.5 Å². The van der Waals surface area contributed by atoms with Gasteiger partial charge >= 0.3 is 0 Å². The molecule has 0 aliphatic carbocycles. The third-order valence-electron chi connectivity index (χ3n) is 4.36. The summed E-state index contributed by atoms with van der Waals surface area (Å²) in [5.41, 5.74) is 1.02. The van der Waals surface area contributed by atoms with Gasteiger partial charge in [0.1, 0.15) is 6.04 Å². The minimum Gasteiger partial charge on any atom is -0.378 e. The molecular formula is C17H22N2O3S. The zero-order chi connectivity index (χ0) is 16.1. The highest BCUT2D eigenvalue weighted by Crippen LogP contribution is 2.20. The highest BCUT2D eigenvalue weighted by molar-refractivity contribution is 7.08. The maximum absolute atomic E-state index is 12.8. The van der Waals surface area contributed by atoms with Gasteiger partial charge in [0.25, 0.3) is 0 Å². The third-order valence-corrected chi connectivity index (χ3v) is 5.06. The summed E-state index contributed by atoms with van der Waals surface area (Å²) in [4.78, 5) is 28.9. The quantitative estimate of drug-likeness (QED) is 0.795. The van der Waals surface area contributed by atoms with E-state index in [-0.39, 0.29) is 17.9 Å². The molecule has 0 spiro atoms. The van der Waals surface area contributed by atoms with E-state index in [1.54, 1.807) is 22.3 Å². The Morgan fingerprint density at radius 3 is 2.78 bits per heavy atom. The molecule has 1 atom stereocenters. The lowest BCUT2D eigenvalue weighted by molar-refractivity contribution is -0.148. The molecule has 2 saturated heterocycles. The van der Waals surface area contributed by atoms with E-state index in [0.717, 1.165) is 24.8 Å². The molecule has 1 aromatic rings. The minimum atomic E-state index is -0.318. The molecule has 3 rings (SSSR count). The number of carbonyl (C=O) groups excluding carboxylic acids is 2. The van der Waals surface area contributed by atoms with E-state index < -0.39 is 0 Å². The summed E-state index contributed by atoms with van der Waals surface area (Å²) in [6.07, 6.45) is 6.13. The SMILES string of the molecule is O=C([C@H]1CCCCN1C(=O)/C=C/c1ccsc1)N1CCOCC1. The second kappa shape index (κ2) is 7.75. The van der Waals surface area contributed by atoms with E-state index in [4.69, 9.17) is 4.74 Å². The number of nitrogens with zero attached hydrogens (tertiary/aromatic N) is 2. The summed E-state index contributed by atoms with van der Waals surface area (Å²) < 4.78 is 5.31. The van der Waals surface area contributed by atoms with Crippen LogP contribution in [0.5, 0.6) is 0 Å². The van der Waals surface area contributed by atoms with Crippen molar-refractivity contribution in [3.05, 3.63) is 28.5 Å². The Morgan fingerprint density at radius 2 is 2.04 bits per heavy atom. The number of carbonyl (C=O) groups is 2. The van der Waals surface area contributed by atoms with Gasteiger partial charge in [-0.05, 0) is 47.7 Å². The van der Waals surface area contributed by atoms with E-state index in [2.05, 4.69) is 0 Å². The lowest BCUT2D eigenvalue weighted by Gasteiger charge is -2.38. The molecule has 0 aromatic carbocycles. The van der Waals surface area contributed by atoms with Gasteiger partial charge in [-0.3, -0.25) is 9.59 Å². The van der Waals surface area contributed by atoms with Crippen LogP contribution in [-0.2, 0) is 14.3 Å². The molecule has 0 bridgehead atoms. The van der Waals surface area contributed by atoms with Crippen LogP contribution < -0.4 is 0 Å². The summed E-state index contributed by atoms with van der Waals surface area (Å²) in [6.45, 7) is 3.09. The Bertz CT molecular complexity index is 564. The fourth-order valence-corrected chi connectivity index (χ4v) is 3.71. The maximum atomic E-state index is 12.8. The number of amides is 2. The molecule has 0 N–H and O–H groups in total. The topological polar surface area (TPSA) is 49.9 Å². The molecule has 124 valence electrons. The molecular weight excluding hydrogens is 312 g/mol.